The maximum Gasteiger partial charge on any atom is 1.00 e. The Bertz CT molecular complexity index is 724. The third-order valence-corrected chi connectivity index (χ3v) is 5.22. The van der Waals surface area contributed by atoms with E-state index in [-0.39, 0.29) is 45.4 Å². The van der Waals surface area contributed by atoms with Gasteiger partial charge in [-0.2, -0.15) is 13.2 Å². The number of halogens is 3. The van der Waals surface area contributed by atoms with Crippen molar-refractivity contribution in [1.82, 2.24) is 0 Å². The summed E-state index contributed by atoms with van der Waals surface area (Å²) in [5.74, 6) is 1.52. The smallest absolute Gasteiger partial charge is 0.741 e. The molecule has 30 heavy (non-hydrogen) atoms. The van der Waals surface area contributed by atoms with Crippen molar-refractivity contribution >= 4 is 21.9 Å². The van der Waals surface area contributed by atoms with Gasteiger partial charge in [-0.15, -0.1) is 0 Å². The molecule has 2 rings (SSSR count). The Hall–Kier alpha value is -0.841. The summed E-state index contributed by atoms with van der Waals surface area (Å²) in [6, 6.07) is 0.402. The van der Waals surface area contributed by atoms with E-state index in [0.29, 0.717) is 13.2 Å². The molecule has 0 bridgehead atoms. The molecule has 0 saturated heterocycles. The first-order valence-electron chi connectivity index (χ1n) is 9.11. The van der Waals surface area contributed by atoms with Crippen LogP contribution in [0.1, 0.15) is 55.4 Å². The molecule has 0 radical (unpaired) electrons. The minimum atomic E-state index is -6.09. The second-order valence-corrected chi connectivity index (χ2v) is 11.2. The van der Waals surface area contributed by atoms with Gasteiger partial charge in [0.15, 0.2) is 21.9 Å². The van der Waals surface area contributed by atoms with Crippen molar-refractivity contribution in [3.63, 3.8) is 0 Å². The van der Waals surface area contributed by atoms with Crippen LogP contribution in [0.3, 0.4) is 0 Å². The molecule has 0 amide bonds. The number of nitrogens with zero attached hydrogens (tertiary/aromatic N) is 2. The summed E-state index contributed by atoms with van der Waals surface area (Å²) in [6.45, 7) is 18.6. The van der Waals surface area contributed by atoms with Crippen molar-refractivity contribution in [2.24, 2.45) is 26.2 Å². The Kier molecular flexibility index (Phi) is 9.08. The van der Waals surface area contributed by atoms with E-state index < -0.39 is 15.6 Å². The molecule has 0 unspecified atom stereocenters. The predicted molar refractivity (Wildman–Crippen MR) is 103 cm³/mol. The van der Waals surface area contributed by atoms with Crippen molar-refractivity contribution in [3.05, 3.63) is 0 Å². The van der Waals surface area contributed by atoms with Gasteiger partial charge in [0.2, 0.25) is 0 Å². The molecule has 2 heterocycles. The molecule has 0 aliphatic carbocycles. The molecule has 0 aromatic heterocycles. The van der Waals surface area contributed by atoms with Gasteiger partial charge in [-0.1, -0.05) is 41.5 Å². The normalized spacial score (nSPS) is 22.7. The number of hydrogen-bond donors (Lipinski definition) is 0. The van der Waals surface area contributed by atoms with Crippen LogP contribution < -0.4 is 0 Å². The summed E-state index contributed by atoms with van der Waals surface area (Å²) in [5.41, 5.74) is -5.80. The number of hydrogen-bond acceptors (Lipinski definition) is 7. The number of ether oxygens (including phenoxy) is 2. The summed E-state index contributed by atoms with van der Waals surface area (Å²) >= 11 is 0. The van der Waals surface area contributed by atoms with Gasteiger partial charge in [0.1, 0.15) is 18.6 Å². The number of aliphatic imine (C=N–C) groups is 2. The van der Waals surface area contributed by atoms with Crippen molar-refractivity contribution in [2.75, 3.05) is 13.2 Å². The minimum absolute atomic E-state index is 0. The molecule has 180 valence electrons. The molecule has 0 spiro atoms. The van der Waals surface area contributed by atoms with Gasteiger partial charge in [0.25, 0.3) is 0 Å². The molecule has 0 N–H and O–H groups in total. The second-order valence-electron chi connectivity index (χ2n) is 9.78. The molecule has 0 aromatic rings. The molecule has 2 aliphatic heterocycles. The third-order valence-electron chi connectivity index (χ3n) is 4.65. The fourth-order valence-electron chi connectivity index (χ4n) is 2.41. The zero-order valence-corrected chi connectivity index (χ0v) is 20.1. The molecule has 2 aliphatic rings. The van der Waals surface area contributed by atoms with Crippen LogP contribution in [0, 0.1) is 16.2 Å². The van der Waals surface area contributed by atoms with Gasteiger partial charge in [0, 0.05) is 0 Å². The maximum absolute atomic E-state index is 10.7. The van der Waals surface area contributed by atoms with E-state index in [4.69, 9.17) is 32.4 Å². The van der Waals surface area contributed by atoms with Gasteiger partial charge in [-0.05, 0) is 24.7 Å². The molecule has 0 fully saturated rings. The Morgan fingerprint density at radius 3 is 1.27 bits per heavy atom. The molecule has 12 heteroatoms. The van der Waals surface area contributed by atoms with Gasteiger partial charge >= 0.3 is 22.6 Å². The van der Waals surface area contributed by atoms with Crippen LogP contribution in [0.2, 0.25) is 0 Å². The first-order chi connectivity index (χ1) is 12.7. The quantitative estimate of drug-likeness (QED) is 0.322. The molecule has 0 aromatic carbocycles. The Morgan fingerprint density at radius 2 is 1.10 bits per heavy atom. The van der Waals surface area contributed by atoms with E-state index in [1.54, 1.807) is 0 Å². The largest absolute Gasteiger partial charge is 1.00 e. The van der Waals surface area contributed by atoms with Crippen LogP contribution in [0.5, 0.6) is 0 Å². The Balaban J connectivity index is 0.000000801. The van der Waals surface area contributed by atoms with Crippen LogP contribution >= 0.6 is 0 Å². The zero-order valence-electron chi connectivity index (χ0n) is 18.3. The molecule has 2 atom stereocenters. The van der Waals surface area contributed by atoms with Gasteiger partial charge in [0.05, 0.1) is 12.1 Å². The van der Waals surface area contributed by atoms with Gasteiger partial charge in [-0.25, -0.2) is 18.4 Å². The van der Waals surface area contributed by atoms with E-state index in [2.05, 4.69) is 55.4 Å². The monoisotopic (exact) mass is 506 g/mol. The van der Waals surface area contributed by atoms with E-state index in [1.807, 2.05) is 0 Å². The van der Waals surface area contributed by atoms with Crippen LogP contribution in [0.25, 0.3) is 0 Å². The standard InChI is InChI=1S/C17H30N2O2.CHF3O3S.Cu/c1-15(2,3)11-9-20-13(18-11)17(7,8)14-19-12(10-21-14)16(4,5)6;2-1(3,4)8(5,6)7;/h11-12H,9-10H2,1-8H3;(H,5,6,7);/q;;+1/p-1/t11-,12-;;/m0../s1. The Morgan fingerprint density at radius 1 is 0.833 bits per heavy atom. The number of rotatable bonds is 2. The first-order valence-corrected chi connectivity index (χ1v) is 10.5. The molecular formula is C18H30CuF3N2O5S. The van der Waals surface area contributed by atoms with Gasteiger partial charge < -0.3 is 14.0 Å². The Labute approximate surface area is 187 Å². The van der Waals surface area contributed by atoms with Crippen molar-refractivity contribution in [1.29, 1.82) is 0 Å². The van der Waals surface area contributed by atoms with Crippen molar-refractivity contribution < 1.29 is 52.7 Å². The molecule has 0 saturated carbocycles. The summed E-state index contributed by atoms with van der Waals surface area (Å²) < 4.78 is 70.7. The summed E-state index contributed by atoms with van der Waals surface area (Å²) in [4.78, 5) is 9.59. The fourth-order valence-corrected chi connectivity index (χ4v) is 2.41. The van der Waals surface area contributed by atoms with E-state index in [9.17, 15) is 13.2 Å². The SMILES string of the molecule is CC(C)(C1=N[C@H](C(C)(C)C)CO1)C1=N[C@H](C(C)(C)C)CO1.O=S(=O)([O-])C(F)(F)F.[Cu+]. The fraction of sp³-hybridized carbons (Fsp3) is 0.889. The molecule has 7 nitrogen and oxygen atoms in total. The third kappa shape index (κ3) is 7.39. The minimum Gasteiger partial charge on any atom is -0.741 e. The van der Waals surface area contributed by atoms with Crippen molar-refractivity contribution in [2.45, 2.75) is 73.0 Å². The topological polar surface area (TPSA) is 100 Å². The molecular weight excluding hydrogens is 477 g/mol. The van der Waals surface area contributed by atoms with E-state index in [0.717, 1.165) is 11.8 Å². The van der Waals surface area contributed by atoms with Crippen LogP contribution in [0.15, 0.2) is 9.98 Å². The first kappa shape index (κ1) is 29.2. The summed E-state index contributed by atoms with van der Waals surface area (Å²) in [7, 11) is -6.09. The van der Waals surface area contributed by atoms with Crippen LogP contribution in [0.4, 0.5) is 13.2 Å². The average molecular weight is 507 g/mol. The van der Waals surface area contributed by atoms with Crippen LogP contribution in [-0.2, 0) is 36.7 Å². The van der Waals surface area contributed by atoms with Crippen molar-refractivity contribution in [3.8, 4) is 0 Å². The maximum atomic E-state index is 10.7. The summed E-state index contributed by atoms with van der Waals surface area (Å²) in [6.07, 6.45) is 0. The average Bonchev–Trinajstić information content (AvgIpc) is 3.15. The predicted octanol–water partition coefficient (Wildman–Crippen LogP) is 3.75. The number of alkyl halides is 3. The van der Waals surface area contributed by atoms with E-state index in [1.165, 1.54) is 0 Å². The zero-order chi connectivity index (χ0) is 23.1. The van der Waals surface area contributed by atoms with Crippen LogP contribution in [-0.4, -0.2) is 55.6 Å². The summed E-state index contributed by atoms with van der Waals surface area (Å²) in [5, 5.41) is 0. The van der Waals surface area contributed by atoms with Gasteiger partial charge in [-0.3, -0.25) is 0 Å². The second kappa shape index (κ2) is 9.34. The van der Waals surface area contributed by atoms with E-state index >= 15 is 0 Å².